The smallest absolute Gasteiger partial charge is 0.164 e. The van der Waals surface area contributed by atoms with Gasteiger partial charge in [-0.1, -0.05) is 153 Å². The van der Waals surface area contributed by atoms with Crippen molar-refractivity contribution < 1.29 is 8.83 Å². The van der Waals surface area contributed by atoms with Crippen LogP contribution >= 0.6 is 0 Å². The highest BCUT2D eigenvalue weighted by Gasteiger charge is 2.43. The zero-order chi connectivity index (χ0) is 40.8. The minimum Gasteiger partial charge on any atom is -0.456 e. The maximum Gasteiger partial charge on any atom is 0.164 e. The van der Waals surface area contributed by atoms with Crippen LogP contribution in [-0.4, -0.2) is 15.0 Å². The van der Waals surface area contributed by atoms with Gasteiger partial charge in [0, 0.05) is 43.7 Å². The molecule has 62 heavy (non-hydrogen) atoms. The maximum absolute atomic E-state index is 6.28. The zero-order valence-electron chi connectivity index (χ0n) is 33.9. The third-order valence-corrected chi connectivity index (χ3v) is 13.6. The molecule has 2 aliphatic carbocycles. The summed E-state index contributed by atoms with van der Waals surface area (Å²) in [6, 6.07) is 62.5. The van der Waals surface area contributed by atoms with E-state index in [4.69, 9.17) is 23.8 Å². The van der Waals surface area contributed by atoms with Crippen LogP contribution in [0.2, 0.25) is 0 Å². The molecule has 13 rings (SSSR count). The van der Waals surface area contributed by atoms with Crippen molar-refractivity contribution in [2.24, 2.45) is 0 Å². The van der Waals surface area contributed by atoms with Gasteiger partial charge < -0.3 is 8.83 Å². The summed E-state index contributed by atoms with van der Waals surface area (Å²) < 4.78 is 12.6. The zero-order valence-corrected chi connectivity index (χ0v) is 33.9. The van der Waals surface area contributed by atoms with Crippen LogP contribution in [-0.2, 0) is 5.41 Å². The van der Waals surface area contributed by atoms with E-state index >= 15 is 0 Å². The molecule has 1 saturated carbocycles. The van der Waals surface area contributed by atoms with Gasteiger partial charge in [-0.05, 0) is 99.8 Å². The Morgan fingerprint density at radius 1 is 0.323 bits per heavy atom. The Bertz CT molecular complexity index is 3420. The number of hydrogen-bond donors (Lipinski definition) is 0. The Balaban J connectivity index is 0.850. The van der Waals surface area contributed by atoms with Crippen molar-refractivity contribution in [2.75, 3.05) is 0 Å². The molecular weight excluding hydrogens is 759 g/mol. The molecule has 5 heteroatoms. The SMILES string of the molecule is c1ccc2c(c1)-c1ccc(-c3ccc(-c4ccc(-c5nc(-c6ccc7c(c6)oc6ccccc67)nc(-c6ccc7c(c6)oc6ccccc67)n5)cc4)cc3)cc1C21CCCCC1. The first kappa shape index (κ1) is 35.2. The number of benzene rings is 8. The van der Waals surface area contributed by atoms with Gasteiger partial charge in [-0.3, -0.25) is 0 Å². The van der Waals surface area contributed by atoms with Crippen LogP contribution in [0.25, 0.3) is 111 Å². The minimum absolute atomic E-state index is 0.145. The van der Waals surface area contributed by atoms with Gasteiger partial charge in [-0.25, -0.2) is 15.0 Å². The molecule has 0 aliphatic heterocycles. The first-order valence-electron chi connectivity index (χ1n) is 21.7. The summed E-state index contributed by atoms with van der Waals surface area (Å²) in [4.78, 5) is 15.2. The first-order chi connectivity index (χ1) is 30.6. The van der Waals surface area contributed by atoms with Gasteiger partial charge in [-0.15, -0.1) is 0 Å². The molecule has 0 radical (unpaired) electrons. The number of aromatic nitrogens is 3. The Morgan fingerprint density at radius 3 is 1.35 bits per heavy atom. The van der Waals surface area contributed by atoms with Crippen molar-refractivity contribution in [2.45, 2.75) is 37.5 Å². The Labute approximate surface area is 358 Å². The molecule has 294 valence electrons. The fourth-order valence-electron chi connectivity index (χ4n) is 10.5. The molecule has 3 heterocycles. The monoisotopic (exact) mass is 797 g/mol. The number of furan rings is 2. The van der Waals surface area contributed by atoms with Crippen molar-refractivity contribution in [1.29, 1.82) is 0 Å². The molecule has 5 nitrogen and oxygen atoms in total. The Morgan fingerprint density at radius 2 is 0.758 bits per heavy atom. The number of fused-ring (bicyclic) bond motifs is 11. The minimum atomic E-state index is 0.145. The number of para-hydroxylation sites is 2. The van der Waals surface area contributed by atoms with Crippen LogP contribution in [0.3, 0.4) is 0 Å². The van der Waals surface area contributed by atoms with E-state index in [0.717, 1.165) is 71.7 Å². The maximum atomic E-state index is 6.28. The fraction of sp³-hybridized carbons (Fsp3) is 0.105. The van der Waals surface area contributed by atoms with E-state index in [0.29, 0.717) is 17.5 Å². The van der Waals surface area contributed by atoms with Gasteiger partial charge >= 0.3 is 0 Å². The third kappa shape index (κ3) is 5.51. The van der Waals surface area contributed by atoms with Gasteiger partial charge in [-0.2, -0.15) is 0 Å². The van der Waals surface area contributed by atoms with E-state index in [1.807, 2.05) is 48.5 Å². The lowest BCUT2D eigenvalue weighted by atomic mass is 9.67. The molecule has 0 bridgehead atoms. The van der Waals surface area contributed by atoms with E-state index in [1.165, 1.54) is 65.5 Å². The van der Waals surface area contributed by atoms with E-state index in [2.05, 4.69) is 127 Å². The molecular formula is C57H39N3O2. The molecule has 0 N–H and O–H groups in total. The summed E-state index contributed by atoms with van der Waals surface area (Å²) >= 11 is 0. The second kappa shape index (κ2) is 13.7. The molecule has 1 fully saturated rings. The first-order valence-corrected chi connectivity index (χ1v) is 21.7. The molecule has 0 amide bonds. The van der Waals surface area contributed by atoms with E-state index in [-0.39, 0.29) is 5.41 Å². The lowest BCUT2D eigenvalue weighted by molar-refractivity contribution is 0.353. The lowest BCUT2D eigenvalue weighted by Crippen LogP contribution is -2.28. The largest absolute Gasteiger partial charge is 0.456 e. The highest BCUT2D eigenvalue weighted by atomic mass is 16.3. The van der Waals surface area contributed by atoms with Crippen molar-refractivity contribution >= 4 is 43.9 Å². The average Bonchev–Trinajstić information content (AvgIpc) is 3.99. The van der Waals surface area contributed by atoms with Gasteiger partial charge in [0.25, 0.3) is 0 Å². The summed E-state index contributed by atoms with van der Waals surface area (Å²) in [5.41, 5.74) is 16.7. The van der Waals surface area contributed by atoms with Crippen LogP contribution in [0.1, 0.15) is 43.2 Å². The third-order valence-electron chi connectivity index (χ3n) is 13.6. The Kier molecular flexibility index (Phi) is 7.77. The van der Waals surface area contributed by atoms with Crippen molar-refractivity contribution in [3.05, 3.63) is 187 Å². The van der Waals surface area contributed by atoms with E-state index in [1.54, 1.807) is 0 Å². The summed E-state index contributed by atoms with van der Waals surface area (Å²) in [7, 11) is 0. The summed E-state index contributed by atoms with van der Waals surface area (Å²) in [5.74, 6) is 1.74. The highest BCUT2D eigenvalue weighted by molar-refractivity contribution is 6.07. The molecule has 8 aromatic carbocycles. The molecule has 1 spiro atoms. The molecule has 3 aromatic heterocycles. The average molecular weight is 798 g/mol. The lowest BCUT2D eigenvalue weighted by Gasteiger charge is -2.36. The molecule has 0 saturated heterocycles. The second-order valence-electron chi connectivity index (χ2n) is 17.0. The van der Waals surface area contributed by atoms with Crippen LogP contribution in [0.15, 0.2) is 185 Å². The molecule has 0 unspecified atom stereocenters. The van der Waals surface area contributed by atoms with Crippen LogP contribution in [0, 0.1) is 0 Å². The number of hydrogen-bond acceptors (Lipinski definition) is 5. The molecule has 11 aromatic rings. The van der Waals surface area contributed by atoms with Gasteiger partial charge in [0.15, 0.2) is 17.5 Å². The quantitative estimate of drug-likeness (QED) is 0.174. The van der Waals surface area contributed by atoms with E-state index in [9.17, 15) is 0 Å². The van der Waals surface area contributed by atoms with Crippen molar-refractivity contribution in [3.63, 3.8) is 0 Å². The van der Waals surface area contributed by atoms with Crippen LogP contribution in [0.5, 0.6) is 0 Å². The van der Waals surface area contributed by atoms with E-state index < -0.39 is 0 Å². The fourth-order valence-corrected chi connectivity index (χ4v) is 10.5. The molecule has 2 aliphatic rings. The topological polar surface area (TPSA) is 65.0 Å². The van der Waals surface area contributed by atoms with Crippen LogP contribution in [0.4, 0.5) is 0 Å². The number of rotatable bonds is 5. The summed E-state index contributed by atoms with van der Waals surface area (Å²) in [5, 5.41) is 4.29. The summed E-state index contributed by atoms with van der Waals surface area (Å²) in [6.45, 7) is 0. The number of nitrogens with zero attached hydrogens (tertiary/aromatic N) is 3. The van der Waals surface area contributed by atoms with Crippen LogP contribution < -0.4 is 0 Å². The molecule has 0 atom stereocenters. The standard InChI is InChI=1S/C57H39N3O2/c1-8-30-57(31-9-1)48-13-5-2-10-42(48)43-27-24-39(32-49(43)57)37-18-16-35(17-19-37)36-20-22-38(23-21-36)54-58-55(40-25-28-46-44-11-3-6-14-50(44)61-52(46)33-40)60-56(59-54)41-26-29-47-45-12-4-7-15-51(45)62-53(47)34-41/h2-7,10-29,32-34H,1,8-9,30-31H2. The van der Waals surface area contributed by atoms with Crippen molar-refractivity contribution in [1.82, 2.24) is 15.0 Å². The highest BCUT2D eigenvalue weighted by Crippen LogP contribution is 2.56. The second-order valence-corrected chi connectivity index (χ2v) is 17.0. The normalized spacial score (nSPS) is 14.3. The van der Waals surface area contributed by atoms with Gasteiger partial charge in [0.05, 0.1) is 0 Å². The summed E-state index contributed by atoms with van der Waals surface area (Å²) in [6.07, 6.45) is 6.39. The van der Waals surface area contributed by atoms with Crippen molar-refractivity contribution in [3.8, 4) is 67.5 Å². The van der Waals surface area contributed by atoms with Gasteiger partial charge in [0.2, 0.25) is 0 Å². The Hall–Kier alpha value is -7.63. The predicted molar refractivity (Wildman–Crippen MR) is 251 cm³/mol. The predicted octanol–water partition coefficient (Wildman–Crippen LogP) is 15.2. The van der Waals surface area contributed by atoms with Gasteiger partial charge in [0.1, 0.15) is 22.3 Å².